The van der Waals surface area contributed by atoms with Gasteiger partial charge in [0.15, 0.2) is 0 Å². The van der Waals surface area contributed by atoms with Crippen LogP contribution in [0, 0.1) is 0 Å². The Labute approximate surface area is 224 Å². The SMILES string of the molecule is O=C(Nc1ccc(-c2ncco2)cc1)N(CCC(c1ccccc1)c1ccccc1)CCN1CCOCC1. The molecule has 3 aromatic carbocycles. The standard InChI is InChI=1S/C31H34N4O3/c36-31(33-28-13-11-27(12-14-28)30-32-16-22-38-30)35(19-18-34-20-23-37-24-21-34)17-15-29(25-7-3-1-4-8-25)26-9-5-2-6-10-26/h1-14,16,22,29H,15,17-21,23-24H2,(H,33,36). The number of hydrogen-bond donors (Lipinski definition) is 1. The van der Waals surface area contributed by atoms with Crippen LogP contribution in [0.25, 0.3) is 11.5 Å². The van der Waals surface area contributed by atoms with Crippen molar-refractivity contribution in [1.29, 1.82) is 0 Å². The van der Waals surface area contributed by atoms with Gasteiger partial charge in [0.2, 0.25) is 5.89 Å². The van der Waals surface area contributed by atoms with Gasteiger partial charge in [0.25, 0.3) is 0 Å². The zero-order chi connectivity index (χ0) is 26.0. The number of carbonyl (C=O) groups is 1. The van der Waals surface area contributed by atoms with Gasteiger partial charge in [-0.2, -0.15) is 0 Å². The highest BCUT2D eigenvalue weighted by Crippen LogP contribution is 2.28. The van der Waals surface area contributed by atoms with E-state index in [9.17, 15) is 4.79 Å². The summed E-state index contributed by atoms with van der Waals surface area (Å²) in [6.45, 7) is 5.39. The number of urea groups is 1. The van der Waals surface area contributed by atoms with E-state index in [1.807, 2.05) is 41.3 Å². The summed E-state index contributed by atoms with van der Waals surface area (Å²) < 4.78 is 10.9. The van der Waals surface area contributed by atoms with Crippen molar-refractivity contribution in [1.82, 2.24) is 14.8 Å². The Kier molecular flexibility index (Phi) is 8.81. The van der Waals surface area contributed by atoms with Gasteiger partial charge in [-0.1, -0.05) is 60.7 Å². The van der Waals surface area contributed by atoms with Gasteiger partial charge < -0.3 is 19.4 Å². The highest BCUT2D eigenvalue weighted by atomic mass is 16.5. The zero-order valence-corrected chi connectivity index (χ0v) is 21.5. The highest BCUT2D eigenvalue weighted by molar-refractivity contribution is 5.89. The first-order valence-corrected chi connectivity index (χ1v) is 13.2. The second-order valence-corrected chi connectivity index (χ2v) is 9.45. The summed E-state index contributed by atoms with van der Waals surface area (Å²) in [7, 11) is 0. The lowest BCUT2D eigenvalue weighted by atomic mass is 9.88. The molecule has 1 aliphatic heterocycles. The van der Waals surface area contributed by atoms with Crippen LogP contribution in [-0.2, 0) is 4.74 Å². The molecule has 0 atom stereocenters. The van der Waals surface area contributed by atoms with E-state index >= 15 is 0 Å². The summed E-state index contributed by atoms with van der Waals surface area (Å²) in [5.74, 6) is 0.763. The Morgan fingerprint density at radius 3 is 2.16 bits per heavy atom. The van der Waals surface area contributed by atoms with Crippen LogP contribution in [0.5, 0.6) is 0 Å². The minimum absolute atomic E-state index is 0.0954. The monoisotopic (exact) mass is 510 g/mol. The van der Waals surface area contributed by atoms with Crippen molar-refractivity contribution in [3.8, 4) is 11.5 Å². The number of hydrogen-bond acceptors (Lipinski definition) is 5. The van der Waals surface area contributed by atoms with E-state index in [0.29, 0.717) is 19.0 Å². The first kappa shape index (κ1) is 25.7. The molecular weight excluding hydrogens is 476 g/mol. The van der Waals surface area contributed by atoms with Crippen LogP contribution in [0.2, 0.25) is 0 Å². The lowest BCUT2D eigenvalue weighted by Crippen LogP contribution is -2.44. The average Bonchev–Trinajstić information content (AvgIpc) is 3.52. The van der Waals surface area contributed by atoms with Crippen molar-refractivity contribution < 1.29 is 13.9 Å². The molecule has 4 aromatic rings. The molecule has 2 amide bonds. The first-order valence-electron chi connectivity index (χ1n) is 13.2. The smallest absolute Gasteiger partial charge is 0.321 e. The molecule has 1 aromatic heterocycles. The van der Waals surface area contributed by atoms with E-state index in [0.717, 1.165) is 50.5 Å². The molecule has 5 rings (SSSR count). The van der Waals surface area contributed by atoms with E-state index in [2.05, 4.69) is 63.7 Å². The van der Waals surface area contributed by atoms with Gasteiger partial charge in [0, 0.05) is 49.9 Å². The van der Waals surface area contributed by atoms with Gasteiger partial charge in [0.1, 0.15) is 6.26 Å². The van der Waals surface area contributed by atoms with Crippen LogP contribution in [0.15, 0.2) is 102 Å². The van der Waals surface area contributed by atoms with Gasteiger partial charge in [-0.3, -0.25) is 4.90 Å². The Morgan fingerprint density at radius 2 is 1.55 bits per heavy atom. The lowest BCUT2D eigenvalue weighted by molar-refractivity contribution is 0.0351. The molecule has 0 unspecified atom stereocenters. The second-order valence-electron chi connectivity index (χ2n) is 9.45. The average molecular weight is 511 g/mol. The van der Waals surface area contributed by atoms with Crippen molar-refractivity contribution in [2.45, 2.75) is 12.3 Å². The predicted molar refractivity (Wildman–Crippen MR) is 149 cm³/mol. The fraction of sp³-hybridized carbons (Fsp3) is 0.290. The molecule has 1 fully saturated rings. The molecule has 0 radical (unpaired) electrons. The van der Waals surface area contributed by atoms with E-state index in [-0.39, 0.29) is 11.9 Å². The third-order valence-corrected chi connectivity index (χ3v) is 6.98. The molecular formula is C31H34N4O3. The number of oxazole rings is 1. The molecule has 0 bridgehead atoms. The number of amides is 2. The first-order chi connectivity index (χ1) is 18.8. The number of rotatable bonds is 10. The van der Waals surface area contributed by atoms with E-state index < -0.39 is 0 Å². The number of benzene rings is 3. The van der Waals surface area contributed by atoms with Crippen molar-refractivity contribution in [3.63, 3.8) is 0 Å². The Morgan fingerprint density at radius 1 is 0.895 bits per heavy atom. The Hall–Kier alpha value is -3.94. The lowest BCUT2D eigenvalue weighted by Gasteiger charge is -2.31. The number of nitrogens with zero attached hydrogens (tertiary/aromatic N) is 3. The number of nitrogens with one attached hydrogen (secondary N) is 1. The number of carbonyl (C=O) groups excluding carboxylic acids is 1. The van der Waals surface area contributed by atoms with Crippen LogP contribution in [-0.4, -0.2) is 66.8 Å². The molecule has 0 spiro atoms. The molecule has 1 N–H and O–H groups in total. The molecule has 196 valence electrons. The third kappa shape index (κ3) is 6.88. The number of aromatic nitrogens is 1. The van der Waals surface area contributed by atoms with E-state index in [1.165, 1.54) is 11.1 Å². The molecule has 0 saturated carbocycles. The van der Waals surface area contributed by atoms with Gasteiger partial charge >= 0.3 is 6.03 Å². The largest absolute Gasteiger partial charge is 0.445 e. The van der Waals surface area contributed by atoms with Crippen molar-refractivity contribution in [2.24, 2.45) is 0 Å². The fourth-order valence-corrected chi connectivity index (χ4v) is 4.85. The normalized spacial score (nSPS) is 13.9. The summed E-state index contributed by atoms with van der Waals surface area (Å²) >= 11 is 0. The summed E-state index contributed by atoms with van der Waals surface area (Å²) in [6, 6.07) is 28.6. The maximum Gasteiger partial charge on any atom is 0.321 e. The maximum atomic E-state index is 13.5. The molecule has 38 heavy (non-hydrogen) atoms. The number of anilines is 1. The summed E-state index contributed by atoms with van der Waals surface area (Å²) in [5.41, 5.74) is 4.12. The van der Waals surface area contributed by atoms with Crippen molar-refractivity contribution in [3.05, 3.63) is 109 Å². The number of morpholine rings is 1. The van der Waals surface area contributed by atoms with Gasteiger partial charge in [-0.05, 0) is 41.8 Å². The molecule has 2 heterocycles. The highest BCUT2D eigenvalue weighted by Gasteiger charge is 2.21. The maximum absolute atomic E-state index is 13.5. The topological polar surface area (TPSA) is 70.8 Å². The number of ether oxygens (including phenoxy) is 1. The van der Waals surface area contributed by atoms with Crippen LogP contribution in [0.3, 0.4) is 0 Å². The Balaban J connectivity index is 1.29. The van der Waals surface area contributed by atoms with Gasteiger partial charge in [0.05, 0.1) is 19.4 Å². The third-order valence-electron chi connectivity index (χ3n) is 6.98. The Bertz CT molecular complexity index is 1200. The minimum atomic E-state index is -0.0954. The zero-order valence-electron chi connectivity index (χ0n) is 21.5. The molecule has 7 nitrogen and oxygen atoms in total. The van der Waals surface area contributed by atoms with Crippen LogP contribution < -0.4 is 5.32 Å². The molecule has 1 aliphatic rings. The van der Waals surface area contributed by atoms with E-state index in [4.69, 9.17) is 9.15 Å². The van der Waals surface area contributed by atoms with Crippen LogP contribution in [0.4, 0.5) is 10.5 Å². The van der Waals surface area contributed by atoms with Gasteiger partial charge in [-0.25, -0.2) is 9.78 Å². The second kappa shape index (κ2) is 13.0. The fourth-order valence-electron chi connectivity index (χ4n) is 4.85. The summed E-state index contributed by atoms with van der Waals surface area (Å²) in [4.78, 5) is 22.0. The van der Waals surface area contributed by atoms with Gasteiger partial charge in [-0.15, -0.1) is 0 Å². The summed E-state index contributed by atoms with van der Waals surface area (Å²) in [6.07, 6.45) is 4.00. The van der Waals surface area contributed by atoms with Crippen molar-refractivity contribution in [2.75, 3.05) is 51.3 Å². The van der Waals surface area contributed by atoms with E-state index in [1.54, 1.807) is 12.5 Å². The predicted octanol–water partition coefficient (Wildman–Crippen LogP) is 5.73. The van der Waals surface area contributed by atoms with Crippen molar-refractivity contribution >= 4 is 11.7 Å². The minimum Gasteiger partial charge on any atom is -0.445 e. The quantitative estimate of drug-likeness (QED) is 0.295. The molecule has 1 saturated heterocycles. The molecule has 7 heteroatoms. The van der Waals surface area contributed by atoms with Crippen LogP contribution in [0.1, 0.15) is 23.5 Å². The van der Waals surface area contributed by atoms with Crippen LogP contribution >= 0.6 is 0 Å². The summed E-state index contributed by atoms with van der Waals surface area (Å²) in [5, 5.41) is 3.10. The molecule has 0 aliphatic carbocycles.